The van der Waals surface area contributed by atoms with Gasteiger partial charge in [0.1, 0.15) is 6.54 Å². The Balaban J connectivity index is 3.62. The van der Waals surface area contributed by atoms with Crippen molar-refractivity contribution < 1.29 is 19.1 Å². The molecule has 0 bridgehead atoms. The van der Waals surface area contributed by atoms with Crippen molar-refractivity contribution in [2.45, 2.75) is 6.92 Å². The first-order chi connectivity index (χ1) is 6.06. The molecule has 0 aromatic carbocycles. The molecule has 4 amide bonds. The smallest absolute Gasteiger partial charge is 0.415 e. The largest absolute Gasteiger partial charge is 0.450 e. The van der Waals surface area contributed by atoms with E-state index in [1.54, 1.807) is 12.2 Å². The molecule has 0 spiro atoms. The first-order valence-electron chi connectivity index (χ1n) is 3.52. The van der Waals surface area contributed by atoms with E-state index in [0.717, 1.165) is 0 Å². The van der Waals surface area contributed by atoms with Crippen LogP contribution in [0.5, 0.6) is 0 Å². The third-order valence-corrected chi connectivity index (χ3v) is 0.901. The lowest BCUT2D eigenvalue weighted by Crippen LogP contribution is -2.42. The fraction of sp³-hybridized carbons (Fsp3) is 0.500. The molecule has 0 aromatic heterocycles. The molecule has 0 saturated carbocycles. The summed E-state index contributed by atoms with van der Waals surface area (Å²) in [7, 11) is 0. The number of carbonyl (C=O) groups is 3. The number of ether oxygens (including phenoxy) is 1. The van der Waals surface area contributed by atoms with Gasteiger partial charge in [-0.1, -0.05) is 0 Å². The van der Waals surface area contributed by atoms with Crippen LogP contribution in [0.3, 0.4) is 0 Å². The van der Waals surface area contributed by atoms with Gasteiger partial charge in [0, 0.05) is 0 Å². The zero-order valence-corrected chi connectivity index (χ0v) is 7.05. The van der Waals surface area contributed by atoms with Gasteiger partial charge in [0.05, 0.1) is 6.61 Å². The molecular formula is C6H10N3O4. The summed E-state index contributed by atoms with van der Waals surface area (Å²) < 4.78 is 4.38. The summed E-state index contributed by atoms with van der Waals surface area (Å²) in [6, 6.07) is -0.862. The lowest BCUT2D eigenvalue weighted by Gasteiger charge is -2.03. The van der Waals surface area contributed by atoms with Crippen LogP contribution in [0.2, 0.25) is 0 Å². The monoisotopic (exact) mass is 188 g/mol. The Kier molecular flexibility index (Phi) is 5.01. The number of hydrogen-bond acceptors (Lipinski definition) is 4. The second-order valence-corrected chi connectivity index (χ2v) is 1.95. The standard InChI is InChI=1S/C6H10N3O4/c1-2-13-6(12)9-5(11)8-3-4(7)10/h7H,2-3H2,1H3,(H2,8,9,11,12). The second-order valence-electron chi connectivity index (χ2n) is 1.95. The van der Waals surface area contributed by atoms with E-state index in [1.165, 1.54) is 0 Å². The third kappa shape index (κ3) is 6.60. The lowest BCUT2D eigenvalue weighted by atomic mass is 10.6. The predicted octanol–water partition coefficient (Wildman–Crippen LogP) is -0.748. The van der Waals surface area contributed by atoms with Crippen molar-refractivity contribution >= 4 is 18.0 Å². The van der Waals surface area contributed by atoms with Crippen LogP contribution in [0.15, 0.2) is 0 Å². The maximum atomic E-state index is 10.7. The van der Waals surface area contributed by atoms with Gasteiger partial charge in [-0.3, -0.25) is 10.5 Å². The first-order valence-corrected chi connectivity index (χ1v) is 3.52. The Hall–Kier alpha value is -1.79. The van der Waals surface area contributed by atoms with Crippen molar-refractivity contribution in [3.63, 3.8) is 0 Å². The second kappa shape index (κ2) is 5.81. The van der Waals surface area contributed by atoms with Crippen molar-refractivity contribution in [3.8, 4) is 0 Å². The number of alkyl carbamates (subject to hydrolysis) is 1. The molecular weight excluding hydrogens is 178 g/mol. The molecule has 0 aliphatic rings. The highest BCUT2D eigenvalue weighted by atomic mass is 16.5. The van der Waals surface area contributed by atoms with E-state index in [-0.39, 0.29) is 6.61 Å². The molecule has 0 rings (SSSR count). The SMILES string of the molecule is CCOC(=O)NC(=O)NCC([NH])=O. The molecule has 0 atom stereocenters. The zero-order valence-electron chi connectivity index (χ0n) is 7.05. The quantitative estimate of drug-likeness (QED) is 0.607. The summed E-state index contributed by atoms with van der Waals surface area (Å²) in [5.41, 5.74) is 6.44. The van der Waals surface area contributed by atoms with Crippen LogP contribution < -0.4 is 16.4 Å². The van der Waals surface area contributed by atoms with Gasteiger partial charge in [0.2, 0.25) is 0 Å². The van der Waals surface area contributed by atoms with Crippen LogP contribution in [0.1, 0.15) is 6.92 Å². The molecule has 7 nitrogen and oxygen atoms in total. The highest BCUT2D eigenvalue weighted by Gasteiger charge is 2.07. The number of urea groups is 1. The molecule has 73 valence electrons. The number of imide groups is 1. The average Bonchev–Trinajstić information content (AvgIpc) is 2.01. The van der Waals surface area contributed by atoms with Gasteiger partial charge in [-0.05, 0) is 6.92 Å². The van der Waals surface area contributed by atoms with Crippen LogP contribution in [-0.4, -0.2) is 31.2 Å². The van der Waals surface area contributed by atoms with E-state index in [1.807, 2.05) is 5.32 Å². The van der Waals surface area contributed by atoms with E-state index in [2.05, 4.69) is 4.74 Å². The molecule has 0 aliphatic heterocycles. The maximum Gasteiger partial charge on any atom is 0.415 e. The van der Waals surface area contributed by atoms with Crippen LogP contribution in [0.25, 0.3) is 0 Å². The number of hydrogen-bond donors (Lipinski definition) is 2. The van der Waals surface area contributed by atoms with Crippen molar-refractivity contribution in [1.82, 2.24) is 16.4 Å². The Bertz CT molecular complexity index is 216. The van der Waals surface area contributed by atoms with Gasteiger partial charge in [-0.2, -0.15) is 0 Å². The molecule has 0 aliphatic carbocycles. The van der Waals surface area contributed by atoms with Crippen LogP contribution in [0, 0.1) is 0 Å². The Morgan fingerprint density at radius 2 is 2.00 bits per heavy atom. The fourth-order valence-electron chi connectivity index (χ4n) is 0.465. The maximum absolute atomic E-state index is 10.7. The van der Waals surface area contributed by atoms with Gasteiger partial charge in [-0.15, -0.1) is 0 Å². The van der Waals surface area contributed by atoms with Crippen molar-refractivity contribution in [3.05, 3.63) is 0 Å². The highest BCUT2D eigenvalue weighted by Crippen LogP contribution is 1.75. The molecule has 0 heterocycles. The summed E-state index contributed by atoms with van der Waals surface area (Å²) in [5, 5.41) is 3.77. The average molecular weight is 188 g/mol. The molecule has 0 saturated heterocycles. The summed E-state index contributed by atoms with van der Waals surface area (Å²) in [6.45, 7) is 1.30. The van der Waals surface area contributed by atoms with Crippen molar-refractivity contribution in [2.24, 2.45) is 0 Å². The Labute approximate surface area is 74.6 Å². The Morgan fingerprint density at radius 3 is 2.46 bits per heavy atom. The van der Waals surface area contributed by atoms with Crippen molar-refractivity contribution in [1.29, 1.82) is 0 Å². The molecule has 0 unspecified atom stereocenters. The topological polar surface area (TPSA) is 108 Å². The minimum atomic E-state index is -0.945. The normalized spacial score (nSPS) is 8.69. The predicted molar refractivity (Wildman–Crippen MR) is 41.7 cm³/mol. The summed E-state index contributed by atoms with van der Waals surface area (Å²) in [4.78, 5) is 31.3. The molecule has 3 N–H and O–H groups in total. The summed E-state index contributed by atoms with van der Waals surface area (Å²) >= 11 is 0. The molecule has 0 aromatic rings. The lowest BCUT2D eigenvalue weighted by molar-refractivity contribution is -0.117. The number of amides is 4. The van der Waals surface area contributed by atoms with E-state index < -0.39 is 24.6 Å². The number of nitrogens with one attached hydrogen (secondary N) is 3. The zero-order chi connectivity index (χ0) is 10.3. The molecule has 13 heavy (non-hydrogen) atoms. The number of rotatable bonds is 3. The minimum Gasteiger partial charge on any atom is -0.450 e. The van der Waals surface area contributed by atoms with Crippen LogP contribution in [0.4, 0.5) is 9.59 Å². The van der Waals surface area contributed by atoms with Gasteiger partial charge < -0.3 is 10.1 Å². The first kappa shape index (κ1) is 11.2. The van der Waals surface area contributed by atoms with Crippen LogP contribution in [-0.2, 0) is 9.53 Å². The van der Waals surface area contributed by atoms with Crippen LogP contribution >= 0.6 is 0 Å². The molecule has 1 radical (unpaired) electrons. The van der Waals surface area contributed by atoms with E-state index in [9.17, 15) is 14.4 Å². The van der Waals surface area contributed by atoms with Crippen molar-refractivity contribution in [2.75, 3.05) is 13.2 Å². The summed E-state index contributed by atoms with van der Waals surface area (Å²) in [6.07, 6.45) is -0.891. The van der Waals surface area contributed by atoms with Gasteiger partial charge >= 0.3 is 12.1 Å². The van der Waals surface area contributed by atoms with E-state index >= 15 is 0 Å². The van der Waals surface area contributed by atoms with E-state index in [0.29, 0.717) is 0 Å². The van der Waals surface area contributed by atoms with Gasteiger partial charge in [0.15, 0.2) is 0 Å². The molecule has 0 fully saturated rings. The van der Waals surface area contributed by atoms with Gasteiger partial charge in [-0.25, -0.2) is 14.9 Å². The fourth-order valence-corrected chi connectivity index (χ4v) is 0.465. The number of carbonyl (C=O) groups excluding carboxylic acids is 3. The van der Waals surface area contributed by atoms with E-state index in [4.69, 9.17) is 5.73 Å². The summed E-state index contributed by atoms with van der Waals surface area (Å²) in [5.74, 6) is -0.945. The minimum absolute atomic E-state index is 0.149. The Morgan fingerprint density at radius 1 is 1.38 bits per heavy atom. The van der Waals surface area contributed by atoms with Gasteiger partial charge in [0.25, 0.3) is 5.91 Å². The molecule has 7 heteroatoms. The third-order valence-electron chi connectivity index (χ3n) is 0.901. The highest BCUT2D eigenvalue weighted by molar-refractivity contribution is 5.92.